The van der Waals surface area contributed by atoms with Crippen LogP contribution >= 0.6 is 0 Å². The lowest BCUT2D eigenvalue weighted by Crippen LogP contribution is -2.79. The predicted molar refractivity (Wildman–Crippen MR) is 399 cm³/mol. The average Bonchev–Trinajstić information content (AvgIpc) is 1.45. The minimum atomic E-state index is -2.18. The van der Waals surface area contributed by atoms with Crippen molar-refractivity contribution in [1.29, 1.82) is 0 Å². The number of likely N-dealkylation sites (N-methyl/N-ethyl adjacent to an activating group) is 1. The number of anilines is 3. The Morgan fingerprint density at radius 1 is 0.843 bits per heavy atom. The van der Waals surface area contributed by atoms with Crippen molar-refractivity contribution >= 4 is 71.0 Å². The number of fused-ring (bicyclic) bond motifs is 7. The molecule has 10 atom stereocenters. The number of amides is 2. The van der Waals surface area contributed by atoms with Crippen molar-refractivity contribution in [2.24, 2.45) is 17.3 Å². The predicted octanol–water partition coefficient (Wildman–Crippen LogP) is 9.55. The number of para-hydroxylation sites is 1. The number of nitrogen functional groups attached to an aromatic ring is 1. The van der Waals surface area contributed by atoms with Crippen LogP contribution in [0.25, 0.3) is 22.1 Å². The molecule has 0 radical (unpaired) electrons. The molecule has 1 spiro atoms. The number of carbonyl (C=O) groups excluding carboxylic acids is 4. The van der Waals surface area contributed by atoms with Crippen molar-refractivity contribution in [3.63, 3.8) is 0 Å². The van der Waals surface area contributed by atoms with Crippen LogP contribution in [0.3, 0.4) is 0 Å². The second kappa shape index (κ2) is 30.4. The molecular formula is C79H108N12O10Si. The minimum absolute atomic E-state index is 0.0283. The molecule has 9 N–H and O–H groups in total. The lowest BCUT2D eigenvalue weighted by molar-refractivity contribution is -0.197. The summed E-state index contributed by atoms with van der Waals surface area (Å²) in [5, 5.41) is 36.9. The van der Waals surface area contributed by atoms with E-state index in [4.69, 9.17) is 19.9 Å². The number of Topliss-reactive ketones (excluding diaryl/α,β-unsaturated/α-hetero) is 1. The lowest BCUT2D eigenvalue weighted by atomic mass is 9.45. The summed E-state index contributed by atoms with van der Waals surface area (Å²) in [5.41, 5.74) is 11.7. The molecule has 102 heavy (non-hydrogen) atoms. The van der Waals surface area contributed by atoms with E-state index in [1.165, 1.54) is 53.1 Å². The molecule has 1 aliphatic carbocycles. The third-order valence-electron chi connectivity index (χ3n) is 25.1. The molecule has 6 aromatic rings. The Morgan fingerprint density at radius 3 is 2.41 bits per heavy atom. The highest BCUT2D eigenvalue weighted by molar-refractivity contribution is 6.80. The zero-order chi connectivity index (χ0) is 71.6. The van der Waals surface area contributed by atoms with E-state index < -0.39 is 53.1 Å². The van der Waals surface area contributed by atoms with E-state index in [2.05, 4.69) is 139 Å². The number of ketones is 1. The van der Waals surface area contributed by atoms with E-state index in [9.17, 15) is 29.4 Å². The average molecular weight is 1410 g/mol. The number of H-pyrrole nitrogens is 2. The Balaban J connectivity index is 0.585. The number of carbonyl (C=O) groups is 4. The molecule has 3 saturated heterocycles. The van der Waals surface area contributed by atoms with Crippen LogP contribution in [0.5, 0.6) is 0 Å². The van der Waals surface area contributed by atoms with Gasteiger partial charge in [-0.2, -0.15) is 4.98 Å². The van der Waals surface area contributed by atoms with E-state index in [0.717, 1.165) is 131 Å². The van der Waals surface area contributed by atoms with E-state index in [0.29, 0.717) is 89.5 Å². The maximum Gasteiger partial charge on any atom is 0.340 e. The number of nitrogens with two attached hydrogens (primary N) is 1. The first-order chi connectivity index (χ1) is 49.2. The number of benzene rings is 3. The molecule has 4 fully saturated rings. The summed E-state index contributed by atoms with van der Waals surface area (Å²) < 4.78 is 17.5. The van der Waals surface area contributed by atoms with Crippen LogP contribution in [0.1, 0.15) is 161 Å². The van der Waals surface area contributed by atoms with Crippen LogP contribution in [-0.2, 0) is 52.4 Å². The quantitative estimate of drug-likeness (QED) is 0.00938. The molecule has 23 heteroatoms. The number of unbranched alkanes of at least 4 members (excludes halogenated alkanes) is 1. The molecule has 22 nitrogen and oxygen atoms in total. The van der Waals surface area contributed by atoms with Crippen LogP contribution in [-0.4, -0.2) is 186 Å². The van der Waals surface area contributed by atoms with Crippen LogP contribution < -0.4 is 32.1 Å². The number of piperidine rings is 1. The number of esters is 1. The van der Waals surface area contributed by atoms with Gasteiger partial charge in [0, 0.05) is 134 Å². The van der Waals surface area contributed by atoms with Crippen molar-refractivity contribution < 1.29 is 43.6 Å². The smallest absolute Gasteiger partial charge is 0.340 e. The molecule has 9 heterocycles. The van der Waals surface area contributed by atoms with E-state index in [1.807, 2.05) is 0 Å². The highest BCUT2D eigenvalue weighted by Gasteiger charge is 2.79. The Kier molecular flexibility index (Phi) is 21.7. The maximum absolute atomic E-state index is 15.5. The molecule has 2 amide bonds. The van der Waals surface area contributed by atoms with Gasteiger partial charge in [0.15, 0.2) is 16.8 Å². The normalized spacial score (nSPS) is 27.8. The van der Waals surface area contributed by atoms with E-state index in [-0.39, 0.29) is 59.0 Å². The van der Waals surface area contributed by atoms with Crippen LogP contribution in [0, 0.1) is 24.2 Å². The van der Waals surface area contributed by atoms with Crippen LogP contribution in [0.2, 0.25) is 24.2 Å². The van der Waals surface area contributed by atoms with Crippen molar-refractivity contribution in [3.05, 3.63) is 129 Å². The van der Waals surface area contributed by atoms with Gasteiger partial charge in [-0.15, -0.1) is 0 Å². The number of hydrogen-bond donors (Lipinski definition) is 8. The van der Waals surface area contributed by atoms with Gasteiger partial charge < -0.3 is 56.0 Å². The number of aryl methyl sites for hydroxylation is 1. The number of rotatable bonds is 29. The Labute approximate surface area is 600 Å². The summed E-state index contributed by atoms with van der Waals surface area (Å²) >= 11 is 0. The maximum atomic E-state index is 15.5. The molecule has 1 saturated carbocycles. The van der Waals surface area contributed by atoms with Gasteiger partial charge >= 0.3 is 5.97 Å². The highest BCUT2D eigenvalue weighted by atomic mass is 28.3. The fourth-order valence-corrected chi connectivity index (χ4v) is 26.4. The van der Waals surface area contributed by atoms with E-state index >= 15 is 4.79 Å². The summed E-state index contributed by atoms with van der Waals surface area (Å²) in [4.78, 5) is 93.0. The summed E-state index contributed by atoms with van der Waals surface area (Å²) in [7, 11) is 1.45. The number of nitrogens with zero attached hydrogens (tertiary/aromatic N) is 6. The van der Waals surface area contributed by atoms with Crippen molar-refractivity contribution in [3.8, 4) is 0 Å². The Bertz CT molecular complexity index is 4140. The van der Waals surface area contributed by atoms with Gasteiger partial charge in [-0.3, -0.25) is 34.0 Å². The standard InChI is InChI=1S/C79H108N12O10Si/c1-7-76(97)46-53-45-75(4,67-59(28-34-90(49-53)51-76)58-21-10-11-22-62(58)86-67)60-44-61-63(43-52(60)3)89(5)72-78(61)30-35-91-33-18-29-77(8-2,71(78)91)64(79(72,98)73(96)99-6)50-102(40-13-9-14-41-102)42-15-12-19-57(92)20-17-36-100-38-39-101-37-32-81-65(93)23-16-31-82-69(94)54-24-26-55(27-25-54)83-47-56-48-84-68-66(85-56)70(95)88-74(80)87-68/h10-11,18,21-22,24-27,29,43-44,48,53,64,71-72,83,86,97-98H,7-9,12-17,19-20,23,28,30-42,45-47,49-51H2,1-6H3,(H,81,93)(H,82,94)(H3,80,84,87,88,95)/t53?,64-,71+,72-,75-,76+,77+,78-,79-/m1/s1. The highest BCUT2D eigenvalue weighted by Crippen LogP contribution is 2.70. The lowest BCUT2D eigenvalue weighted by Gasteiger charge is -2.65. The second-order valence-corrected chi connectivity index (χ2v) is 36.2. The number of nitrogens with one attached hydrogen (secondary N) is 5. The summed E-state index contributed by atoms with van der Waals surface area (Å²) in [6, 6.07) is 24.4. The first-order valence-corrected chi connectivity index (χ1v) is 40.8. The molecule has 13 rings (SSSR count). The number of aromatic amines is 2. The SMILES string of the molecule is CC[C@]1(O)CC2CN(CCc3c([nH]c4ccccc34)[C@@](C)(c3cc4c(cc3C)N(C)[C@H]3[C@@](O)(C(=O)OC)[C@H](C[Si]5(CCCCC(=O)CCCOCCOCCNC(=O)CCCNC(=O)c6ccc(NCc7cnc8nc(N)[nH]c(=O)c8n7)cc6)CCCCC5)[C@]5(CC)C=CCN6CC[C@]43[C@@H]65)C2)C1. The van der Waals surface area contributed by atoms with Crippen molar-refractivity contribution in [1.82, 2.24) is 45.4 Å². The molecule has 3 aromatic heterocycles. The largest absolute Gasteiger partial charge is 0.467 e. The molecule has 548 valence electrons. The second-order valence-electron chi connectivity index (χ2n) is 31.3. The topological polar surface area (TPSA) is 296 Å². The first-order valence-electron chi connectivity index (χ1n) is 37.9. The Morgan fingerprint density at radius 2 is 1.63 bits per heavy atom. The third-order valence-corrected chi connectivity index (χ3v) is 30.6. The van der Waals surface area contributed by atoms with Gasteiger partial charge in [0.05, 0.1) is 65.1 Å². The van der Waals surface area contributed by atoms with Crippen molar-refractivity contribution in [2.45, 2.75) is 195 Å². The van der Waals surface area contributed by atoms with E-state index in [1.54, 1.807) is 24.3 Å². The zero-order valence-electron chi connectivity index (χ0n) is 60.9. The van der Waals surface area contributed by atoms with Crippen LogP contribution in [0.15, 0.2) is 83.8 Å². The van der Waals surface area contributed by atoms with Gasteiger partial charge in [-0.1, -0.05) is 94.1 Å². The molecule has 6 aliphatic heterocycles. The number of aromatic nitrogens is 5. The van der Waals surface area contributed by atoms with Gasteiger partial charge in [-0.25, -0.2) is 14.8 Å². The number of methoxy groups -OCH3 is 1. The fraction of sp³-hybridized carbons (Fsp3) is 0.595. The summed E-state index contributed by atoms with van der Waals surface area (Å²) in [6.45, 7) is 16.0. The Hall–Kier alpha value is -7.38. The molecular weight excluding hydrogens is 1310 g/mol. The number of hydrogen-bond acceptors (Lipinski definition) is 18. The van der Waals surface area contributed by atoms with Gasteiger partial charge in [0.1, 0.15) is 5.78 Å². The first kappa shape index (κ1) is 72.9. The molecule has 7 aliphatic rings. The zero-order valence-corrected chi connectivity index (χ0v) is 61.9. The summed E-state index contributed by atoms with van der Waals surface area (Å²) in [5.74, 6) is -0.780. The monoisotopic (exact) mass is 1410 g/mol. The minimum Gasteiger partial charge on any atom is -0.467 e. The molecule has 2 bridgehead atoms. The van der Waals surface area contributed by atoms with Gasteiger partial charge in [0.25, 0.3) is 11.5 Å². The van der Waals surface area contributed by atoms with Gasteiger partial charge in [0.2, 0.25) is 11.9 Å². The van der Waals surface area contributed by atoms with Crippen molar-refractivity contribution in [2.75, 3.05) is 102 Å². The molecule has 3 aromatic carbocycles. The third kappa shape index (κ3) is 14.0. The summed E-state index contributed by atoms with van der Waals surface area (Å²) in [6.07, 6.45) is 18.8. The fourth-order valence-electron chi connectivity index (χ4n) is 20.5. The number of ether oxygens (including phenoxy) is 3. The van der Waals surface area contributed by atoms with Gasteiger partial charge in [-0.05, 0) is 149 Å². The number of aliphatic hydroxyl groups is 2. The molecule has 2 unspecified atom stereocenters. The van der Waals surface area contributed by atoms with Crippen LogP contribution in [0.4, 0.5) is 17.3 Å².